The van der Waals surface area contributed by atoms with Crippen LogP contribution in [0.15, 0.2) is 11.4 Å². The van der Waals surface area contributed by atoms with Crippen LogP contribution in [0.2, 0.25) is 0 Å². The van der Waals surface area contributed by atoms with E-state index in [1.54, 1.807) is 0 Å². The molecule has 0 fully saturated rings. The molecule has 0 aliphatic carbocycles. The summed E-state index contributed by atoms with van der Waals surface area (Å²) < 4.78 is 0. The summed E-state index contributed by atoms with van der Waals surface area (Å²) in [5, 5.41) is 2.85. The molecule has 1 rings (SSSR count). The van der Waals surface area contributed by atoms with Crippen molar-refractivity contribution in [3.05, 3.63) is 28.4 Å². The largest absolute Gasteiger partial charge is 0.241 e. The smallest absolute Gasteiger partial charge is 0.227 e. The van der Waals surface area contributed by atoms with Crippen molar-refractivity contribution in [2.24, 2.45) is 0 Å². The molecule has 2 heteroatoms. The SMILES string of the molecule is [C-]#[N+]c1cc(C(C)(C)C)cs1. The van der Waals surface area contributed by atoms with Crippen molar-refractivity contribution >= 4 is 16.3 Å². The first kappa shape index (κ1) is 8.29. The maximum Gasteiger partial charge on any atom is 0.241 e. The molecule has 0 saturated heterocycles. The molecule has 0 bridgehead atoms. The van der Waals surface area contributed by atoms with E-state index in [1.165, 1.54) is 16.9 Å². The molecule has 58 valence electrons. The fourth-order valence-electron chi connectivity index (χ4n) is 0.777. The van der Waals surface area contributed by atoms with Crippen LogP contribution in [-0.2, 0) is 5.41 Å². The Hall–Kier alpha value is -0.810. The Labute approximate surface area is 71.5 Å². The van der Waals surface area contributed by atoms with Crippen molar-refractivity contribution in [2.75, 3.05) is 0 Å². The van der Waals surface area contributed by atoms with Gasteiger partial charge in [-0.05, 0) is 22.4 Å². The summed E-state index contributed by atoms with van der Waals surface area (Å²) in [5.74, 6) is 0. The van der Waals surface area contributed by atoms with E-state index in [9.17, 15) is 0 Å². The van der Waals surface area contributed by atoms with Crippen LogP contribution in [0, 0.1) is 6.57 Å². The van der Waals surface area contributed by atoms with E-state index in [1.807, 2.05) is 6.07 Å². The molecule has 0 aromatic carbocycles. The summed E-state index contributed by atoms with van der Waals surface area (Å²) in [6.07, 6.45) is 0. The van der Waals surface area contributed by atoms with Gasteiger partial charge in [0.1, 0.15) is 0 Å². The Bertz CT molecular complexity index is 285. The van der Waals surface area contributed by atoms with Gasteiger partial charge in [0.05, 0.1) is 6.57 Å². The zero-order valence-corrected chi connectivity index (χ0v) is 7.83. The highest BCUT2D eigenvalue weighted by atomic mass is 32.1. The fourth-order valence-corrected chi connectivity index (χ4v) is 1.69. The molecule has 1 heterocycles. The molecule has 0 radical (unpaired) electrons. The van der Waals surface area contributed by atoms with Gasteiger partial charge in [0, 0.05) is 0 Å². The van der Waals surface area contributed by atoms with Crippen LogP contribution in [0.3, 0.4) is 0 Å². The average Bonchev–Trinajstić information content (AvgIpc) is 2.32. The van der Waals surface area contributed by atoms with Crippen LogP contribution < -0.4 is 0 Å². The average molecular weight is 165 g/mol. The topological polar surface area (TPSA) is 4.36 Å². The first-order valence-corrected chi connectivity index (χ1v) is 4.38. The van der Waals surface area contributed by atoms with Crippen LogP contribution in [0.5, 0.6) is 0 Å². The number of nitrogens with zero attached hydrogens (tertiary/aromatic N) is 1. The lowest BCUT2D eigenvalue weighted by Crippen LogP contribution is -2.08. The minimum absolute atomic E-state index is 0.180. The van der Waals surface area contributed by atoms with Gasteiger partial charge in [0.15, 0.2) is 0 Å². The molecule has 1 aromatic heterocycles. The molecule has 0 aliphatic heterocycles. The third kappa shape index (κ3) is 1.81. The van der Waals surface area contributed by atoms with Gasteiger partial charge in [-0.15, -0.1) is 0 Å². The zero-order chi connectivity index (χ0) is 8.48. The first-order valence-electron chi connectivity index (χ1n) is 3.50. The third-order valence-electron chi connectivity index (χ3n) is 1.56. The van der Waals surface area contributed by atoms with Crippen LogP contribution in [-0.4, -0.2) is 0 Å². The lowest BCUT2D eigenvalue weighted by molar-refractivity contribution is 0.593. The first-order chi connectivity index (χ1) is 5.04. The molecule has 0 atom stereocenters. The van der Waals surface area contributed by atoms with Gasteiger partial charge in [0.25, 0.3) is 0 Å². The number of hydrogen-bond donors (Lipinski definition) is 0. The molecule has 1 aromatic rings. The van der Waals surface area contributed by atoms with Crippen LogP contribution in [0.4, 0.5) is 5.00 Å². The van der Waals surface area contributed by atoms with Crippen molar-refractivity contribution < 1.29 is 0 Å². The van der Waals surface area contributed by atoms with Gasteiger partial charge in [-0.3, -0.25) is 0 Å². The molecular formula is C9H11NS. The van der Waals surface area contributed by atoms with Crippen LogP contribution >= 0.6 is 11.3 Å². The van der Waals surface area contributed by atoms with Gasteiger partial charge in [-0.1, -0.05) is 20.8 Å². The van der Waals surface area contributed by atoms with Crippen molar-refractivity contribution in [3.63, 3.8) is 0 Å². The normalized spacial score (nSPS) is 11.1. The third-order valence-corrected chi connectivity index (χ3v) is 2.38. The Morgan fingerprint density at radius 1 is 1.45 bits per heavy atom. The number of hydrogen-bond acceptors (Lipinski definition) is 1. The van der Waals surface area contributed by atoms with Gasteiger partial charge in [-0.25, -0.2) is 4.85 Å². The van der Waals surface area contributed by atoms with E-state index in [2.05, 4.69) is 31.0 Å². The Kier molecular flexibility index (Phi) is 2.01. The van der Waals surface area contributed by atoms with E-state index in [4.69, 9.17) is 6.57 Å². The predicted molar refractivity (Wildman–Crippen MR) is 49.3 cm³/mol. The number of thiophene rings is 1. The van der Waals surface area contributed by atoms with Gasteiger partial charge in [-0.2, -0.15) is 11.3 Å². The maximum absolute atomic E-state index is 6.80. The molecule has 1 nitrogen and oxygen atoms in total. The van der Waals surface area contributed by atoms with E-state index in [0.717, 1.165) is 5.00 Å². The van der Waals surface area contributed by atoms with E-state index in [0.29, 0.717) is 0 Å². The molecule has 0 spiro atoms. The molecule has 0 saturated carbocycles. The van der Waals surface area contributed by atoms with Gasteiger partial charge in [0.2, 0.25) is 5.00 Å². The molecule has 0 amide bonds. The maximum atomic E-state index is 6.80. The Balaban J connectivity index is 3.01. The minimum atomic E-state index is 0.180. The van der Waals surface area contributed by atoms with E-state index >= 15 is 0 Å². The van der Waals surface area contributed by atoms with Crippen LogP contribution in [0.1, 0.15) is 26.3 Å². The summed E-state index contributed by atoms with van der Waals surface area (Å²) in [7, 11) is 0. The van der Waals surface area contributed by atoms with Crippen molar-refractivity contribution in [1.82, 2.24) is 0 Å². The molecular weight excluding hydrogens is 154 g/mol. The van der Waals surface area contributed by atoms with Crippen LogP contribution in [0.25, 0.3) is 4.85 Å². The summed E-state index contributed by atoms with van der Waals surface area (Å²) in [5.41, 5.74) is 1.44. The fraction of sp³-hybridized carbons (Fsp3) is 0.444. The lowest BCUT2D eigenvalue weighted by Gasteiger charge is -2.15. The summed E-state index contributed by atoms with van der Waals surface area (Å²) in [6.45, 7) is 13.3. The molecule has 0 unspecified atom stereocenters. The monoisotopic (exact) mass is 165 g/mol. The second-order valence-electron chi connectivity index (χ2n) is 3.54. The standard InChI is InChI=1S/C9H11NS/c1-9(2,3)7-5-8(10-4)11-6-7/h5-6H,1-3H3. The Morgan fingerprint density at radius 2 is 2.09 bits per heavy atom. The molecule has 11 heavy (non-hydrogen) atoms. The number of rotatable bonds is 0. The summed E-state index contributed by atoms with van der Waals surface area (Å²) in [6, 6.07) is 1.97. The lowest BCUT2D eigenvalue weighted by atomic mass is 9.89. The zero-order valence-electron chi connectivity index (χ0n) is 7.01. The van der Waals surface area contributed by atoms with Gasteiger partial charge < -0.3 is 0 Å². The predicted octanol–water partition coefficient (Wildman–Crippen LogP) is 3.60. The van der Waals surface area contributed by atoms with Crippen molar-refractivity contribution in [2.45, 2.75) is 26.2 Å². The quantitative estimate of drug-likeness (QED) is 0.517. The van der Waals surface area contributed by atoms with Crippen molar-refractivity contribution in [1.29, 1.82) is 0 Å². The molecule has 0 N–H and O–H groups in total. The summed E-state index contributed by atoms with van der Waals surface area (Å²) >= 11 is 1.52. The second kappa shape index (κ2) is 2.67. The second-order valence-corrected chi connectivity index (χ2v) is 4.43. The molecule has 0 aliphatic rings. The minimum Gasteiger partial charge on any atom is -0.227 e. The van der Waals surface area contributed by atoms with E-state index in [-0.39, 0.29) is 5.41 Å². The highest BCUT2D eigenvalue weighted by molar-refractivity contribution is 7.14. The Morgan fingerprint density at radius 3 is 2.36 bits per heavy atom. The highest BCUT2D eigenvalue weighted by Gasteiger charge is 2.14. The van der Waals surface area contributed by atoms with E-state index < -0.39 is 0 Å². The van der Waals surface area contributed by atoms with Gasteiger partial charge >= 0.3 is 0 Å². The van der Waals surface area contributed by atoms with Crippen molar-refractivity contribution in [3.8, 4) is 0 Å². The highest BCUT2D eigenvalue weighted by Crippen LogP contribution is 2.31. The summed E-state index contributed by atoms with van der Waals surface area (Å²) in [4.78, 5) is 3.37.